The molecule has 0 unspecified atom stereocenters. The molecule has 0 saturated heterocycles. The van der Waals surface area contributed by atoms with Crippen LogP contribution in [0, 0.1) is 5.82 Å². The first kappa shape index (κ1) is 18.0. The molecule has 0 aliphatic carbocycles. The Labute approximate surface area is 143 Å². The van der Waals surface area contributed by atoms with E-state index < -0.39 is 0 Å². The highest BCUT2D eigenvalue weighted by atomic mass is 32.1. The number of hydrogen-bond donors (Lipinski definition) is 2. The average molecular weight is 350 g/mol. The molecule has 2 aromatic rings. The number of likely N-dealkylation sites (N-methyl/N-ethyl adjacent to an activating group) is 1. The summed E-state index contributed by atoms with van der Waals surface area (Å²) in [5.41, 5.74) is 6.58. The molecule has 0 bridgehead atoms. The van der Waals surface area contributed by atoms with Gasteiger partial charge in [0.05, 0.1) is 6.54 Å². The van der Waals surface area contributed by atoms with Crippen LogP contribution in [0.25, 0.3) is 0 Å². The molecular formula is C16H19FN4O2S. The zero-order valence-corrected chi connectivity index (χ0v) is 14.1. The topological polar surface area (TPSA) is 88.3 Å². The highest BCUT2D eigenvalue weighted by molar-refractivity contribution is 7.09. The second-order valence-electron chi connectivity index (χ2n) is 5.05. The van der Waals surface area contributed by atoms with Crippen LogP contribution in [0.1, 0.15) is 28.0 Å². The number of nitrogens with one attached hydrogen (secondary N) is 1. The largest absolute Gasteiger partial charge is 0.350 e. The van der Waals surface area contributed by atoms with Gasteiger partial charge >= 0.3 is 0 Å². The molecule has 0 saturated carbocycles. The number of benzene rings is 1. The third kappa shape index (κ3) is 4.84. The number of carbonyl (C=O) groups is 2. The van der Waals surface area contributed by atoms with E-state index in [0.717, 1.165) is 5.56 Å². The van der Waals surface area contributed by atoms with Crippen LogP contribution >= 0.6 is 11.3 Å². The van der Waals surface area contributed by atoms with E-state index in [0.29, 0.717) is 17.2 Å². The Morgan fingerprint density at radius 3 is 2.62 bits per heavy atom. The molecule has 1 aromatic heterocycles. The molecule has 1 aromatic carbocycles. The lowest BCUT2D eigenvalue weighted by Crippen LogP contribution is -2.40. The highest BCUT2D eigenvalue weighted by Crippen LogP contribution is 2.11. The minimum absolute atomic E-state index is 0.0635. The third-order valence-electron chi connectivity index (χ3n) is 3.35. The lowest BCUT2D eigenvalue weighted by Gasteiger charge is -2.19. The summed E-state index contributed by atoms with van der Waals surface area (Å²) < 4.78 is 12.8. The first-order chi connectivity index (χ1) is 11.5. The van der Waals surface area contributed by atoms with Crippen molar-refractivity contribution in [1.29, 1.82) is 0 Å². The minimum Gasteiger partial charge on any atom is -0.350 e. The fourth-order valence-electron chi connectivity index (χ4n) is 2.02. The summed E-state index contributed by atoms with van der Waals surface area (Å²) in [7, 11) is 0. The quantitative estimate of drug-likeness (QED) is 0.792. The summed E-state index contributed by atoms with van der Waals surface area (Å²) in [5.74, 6) is -0.915. The second kappa shape index (κ2) is 8.51. The number of thiazole rings is 1. The van der Waals surface area contributed by atoms with Gasteiger partial charge in [-0.15, -0.1) is 11.3 Å². The molecule has 24 heavy (non-hydrogen) atoms. The van der Waals surface area contributed by atoms with Gasteiger partial charge in [-0.3, -0.25) is 9.59 Å². The maximum absolute atomic E-state index is 12.8. The molecule has 0 fully saturated rings. The number of hydrogen-bond acceptors (Lipinski definition) is 5. The molecule has 2 amide bonds. The highest BCUT2D eigenvalue weighted by Gasteiger charge is 2.19. The number of halogens is 1. The zero-order valence-electron chi connectivity index (χ0n) is 13.3. The zero-order chi connectivity index (χ0) is 17.5. The maximum Gasteiger partial charge on any atom is 0.273 e. The average Bonchev–Trinajstić information content (AvgIpc) is 3.07. The molecule has 0 aliphatic rings. The fourth-order valence-corrected chi connectivity index (χ4v) is 2.67. The first-order valence-corrected chi connectivity index (χ1v) is 8.36. The Morgan fingerprint density at radius 2 is 2.04 bits per heavy atom. The van der Waals surface area contributed by atoms with Gasteiger partial charge in [0.1, 0.15) is 16.5 Å². The number of nitrogens with two attached hydrogens (primary N) is 1. The van der Waals surface area contributed by atoms with Crippen LogP contribution in [0.5, 0.6) is 0 Å². The van der Waals surface area contributed by atoms with E-state index in [1.807, 2.05) is 0 Å². The Hall–Kier alpha value is -2.32. The van der Waals surface area contributed by atoms with E-state index in [1.165, 1.54) is 28.4 Å². The van der Waals surface area contributed by atoms with Gasteiger partial charge in [-0.2, -0.15) is 0 Å². The molecule has 8 heteroatoms. The summed E-state index contributed by atoms with van der Waals surface area (Å²) >= 11 is 1.32. The van der Waals surface area contributed by atoms with E-state index in [-0.39, 0.29) is 37.3 Å². The van der Waals surface area contributed by atoms with Crippen molar-refractivity contribution in [3.8, 4) is 0 Å². The predicted molar refractivity (Wildman–Crippen MR) is 89.8 cm³/mol. The van der Waals surface area contributed by atoms with Crippen molar-refractivity contribution in [1.82, 2.24) is 15.2 Å². The second-order valence-corrected chi connectivity index (χ2v) is 6.00. The molecule has 3 N–H and O–H groups in total. The summed E-state index contributed by atoms with van der Waals surface area (Å²) in [5, 5.41) is 5.03. The van der Waals surface area contributed by atoms with Crippen LogP contribution in [-0.4, -0.2) is 34.8 Å². The van der Waals surface area contributed by atoms with Crippen LogP contribution in [0.15, 0.2) is 29.6 Å². The molecule has 128 valence electrons. The van der Waals surface area contributed by atoms with E-state index in [9.17, 15) is 14.0 Å². The van der Waals surface area contributed by atoms with E-state index in [4.69, 9.17) is 5.73 Å². The number of aromatic nitrogens is 1. The molecule has 1 heterocycles. The number of nitrogens with zero attached hydrogens (tertiary/aromatic N) is 2. The van der Waals surface area contributed by atoms with Crippen molar-refractivity contribution >= 4 is 23.2 Å². The maximum atomic E-state index is 12.8. The van der Waals surface area contributed by atoms with Gasteiger partial charge in [-0.25, -0.2) is 9.37 Å². The molecule has 6 nitrogen and oxygen atoms in total. The Balaban J connectivity index is 1.90. The lowest BCUT2D eigenvalue weighted by atomic mass is 10.2. The van der Waals surface area contributed by atoms with E-state index >= 15 is 0 Å². The Morgan fingerprint density at radius 1 is 1.33 bits per heavy atom. The number of amides is 2. The molecular weight excluding hydrogens is 331 g/mol. The van der Waals surface area contributed by atoms with E-state index in [2.05, 4.69) is 10.3 Å². The molecule has 0 radical (unpaired) electrons. The molecule has 2 rings (SSSR count). The molecule has 0 spiro atoms. The molecule has 0 atom stereocenters. The van der Waals surface area contributed by atoms with E-state index in [1.54, 1.807) is 24.4 Å². The first-order valence-electron chi connectivity index (χ1n) is 7.48. The van der Waals surface area contributed by atoms with Gasteiger partial charge in [0, 0.05) is 25.0 Å². The van der Waals surface area contributed by atoms with Gasteiger partial charge in [0.15, 0.2) is 0 Å². The summed E-state index contributed by atoms with van der Waals surface area (Å²) in [6.45, 7) is 2.67. The van der Waals surface area contributed by atoms with Crippen molar-refractivity contribution in [2.45, 2.75) is 20.0 Å². The Bertz CT molecular complexity index is 702. The normalized spacial score (nSPS) is 10.5. The van der Waals surface area contributed by atoms with Crippen molar-refractivity contribution in [2.24, 2.45) is 5.73 Å². The van der Waals surface area contributed by atoms with Crippen molar-refractivity contribution < 1.29 is 14.0 Å². The molecule has 0 aliphatic heterocycles. The van der Waals surface area contributed by atoms with Crippen LogP contribution in [0.4, 0.5) is 4.39 Å². The van der Waals surface area contributed by atoms with Crippen LogP contribution < -0.4 is 11.1 Å². The van der Waals surface area contributed by atoms with Gasteiger partial charge in [0.25, 0.3) is 5.91 Å². The summed E-state index contributed by atoms with van der Waals surface area (Å²) in [6.07, 6.45) is 0. The van der Waals surface area contributed by atoms with Gasteiger partial charge < -0.3 is 16.0 Å². The number of carbonyl (C=O) groups excluding carboxylic acids is 2. The summed E-state index contributed by atoms with van der Waals surface area (Å²) in [6, 6.07) is 5.87. The predicted octanol–water partition coefficient (Wildman–Crippen LogP) is 1.52. The summed E-state index contributed by atoms with van der Waals surface area (Å²) in [4.78, 5) is 29.9. The van der Waals surface area contributed by atoms with Crippen LogP contribution in [0.3, 0.4) is 0 Å². The van der Waals surface area contributed by atoms with Crippen LogP contribution in [0.2, 0.25) is 0 Å². The van der Waals surface area contributed by atoms with Crippen LogP contribution in [-0.2, 0) is 17.9 Å². The van der Waals surface area contributed by atoms with Crippen molar-refractivity contribution in [3.63, 3.8) is 0 Å². The Kier molecular flexibility index (Phi) is 6.39. The van der Waals surface area contributed by atoms with Gasteiger partial charge in [0.2, 0.25) is 5.91 Å². The van der Waals surface area contributed by atoms with Crippen molar-refractivity contribution in [3.05, 3.63) is 51.7 Å². The fraction of sp³-hybridized carbons (Fsp3) is 0.312. The monoisotopic (exact) mass is 350 g/mol. The van der Waals surface area contributed by atoms with Crippen molar-refractivity contribution in [2.75, 3.05) is 13.1 Å². The minimum atomic E-state index is -0.326. The number of rotatable bonds is 7. The lowest BCUT2D eigenvalue weighted by molar-refractivity contribution is -0.121. The SMILES string of the molecule is CCN(CC(=O)NCc1ccc(F)cc1)C(=O)c1csc(CN)n1. The van der Waals surface area contributed by atoms with Gasteiger partial charge in [-0.05, 0) is 24.6 Å². The van der Waals surface area contributed by atoms with Gasteiger partial charge in [-0.1, -0.05) is 12.1 Å². The smallest absolute Gasteiger partial charge is 0.273 e. The third-order valence-corrected chi connectivity index (χ3v) is 4.22. The standard InChI is InChI=1S/C16H19FN4O2S/c1-2-21(16(23)13-10-24-15(7-18)20-13)9-14(22)19-8-11-3-5-12(17)6-4-11/h3-6,10H,2,7-9,18H2,1H3,(H,19,22).